The highest BCUT2D eigenvalue weighted by molar-refractivity contribution is 6.33. The number of amides is 4. The molecule has 276 valence electrons. The Morgan fingerprint density at radius 2 is 1.57 bits per heavy atom. The molecule has 10 nitrogen and oxygen atoms in total. The molecule has 6 atom stereocenters. The first kappa shape index (κ1) is 35.3. The molecule has 2 N–H and O–H groups in total. The first-order chi connectivity index (χ1) is 25.7. The third-order valence-electron chi connectivity index (χ3n) is 11.3. The van der Waals surface area contributed by atoms with Gasteiger partial charge in [-0.2, -0.15) is 23.2 Å². The third-order valence-corrected chi connectivity index (χ3v) is 11.6. The van der Waals surface area contributed by atoms with Crippen LogP contribution in [0, 0.1) is 30.6 Å². The number of hydrogen-bond acceptors (Lipinski definition) is 8. The van der Waals surface area contributed by atoms with E-state index in [2.05, 4.69) is 10.4 Å². The Morgan fingerprint density at radius 3 is 2.24 bits per heavy atom. The van der Waals surface area contributed by atoms with E-state index in [1.807, 2.05) is 31.2 Å². The fraction of sp³-hybridized carbons (Fsp3) is 0.275. The SMILES string of the molecule is Cc1ccc(NN2C(=O)C3CC4C(=CCC5C(=O)N(N(C)c6nc(C(F)(F)F)ccc6Cl)C(=O)C54)C(c4ccc(O)cc4)C3(c3ccccc3)C2=O)cc1. The van der Waals surface area contributed by atoms with Crippen molar-refractivity contribution in [1.29, 1.82) is 0 Å². The van der Waals surface area contributed by atoms with E-state index in [0.717, 1.165) is 26.7 Å². The maximum absolute atomic E-state index is 15.2. The number of allylic oxidation sites excluding steroid dienone is 2. The molecule has 54 heavy (non-hydrogen) atoms. The highest BCUT2D eigenvalue weighted by Crippen LogP contribution is 2.64. The van der Waals surface area contributed by atoms with Crippen LogP contribution >= 0.6 is 11.6 Å². The number of hydrazine groups is 2. The largest absolute Gasteiger partial charge is 0.508 e. The van der Waals surface area contributed by atoms with Gasteiger partial charge in [0.05, 0.1) is 33.9 Å². The van der Waals surface area contributed by atoms with Gasteiger partial charge in [-0.3, -0.25) is 29.6 Å². The van der Waals surface area contributed by atoms with Crippen LogP contribution in [-0.2, 0) is 30.8 Å². The Kier molecular flexibility index (Phi) is 8.33. The molecule has 0 spiro atoms. The van der Waals surface area contributed by atoms with Crippen molar-refractivity contribution < 1.29 is 37.5 Å². The zero-order chi connectivity index (χ0) is 38.3. The standard InChI is InChI=1S/C40H33ClF3N5O5/c1-21-8-12-24(13-9-21)46-48-36(52)29-20-28-26(33(22-10-14-25(50)15-11-22)39(29,38(48)54)23-6-4-3-5-7-23)16-17-27-32(28)37(53)49(35(27)51)47(2)34-30(41)18-19-31(45-34)40(42,43)44/h3-16,18-19,27-29,32-33,46,50H,17,20H2,1-2H3. The topological polar surface area (TPSA) is 123 Å². The minimum Gasteiger partial charge on any atom is -0.508 e. The second kappa shape index (κ2) is 12.7. The Hall–Kier alpha value is -5.69. The number of carbonyl (C=O) groups is 4. The number of carbonyl (C=O) groups excluding carboxylic acids is 4. The van der Waals surface area contributed by atoms with Crippen molar-refractivity contribution in [3.63, 3.8) is 0 Å². The van der Waals surface area contributed by atoms with Crippen molar-refractivity contribution in [3.05, 3.63) is 130 Å². The zero-order valence-electron chi connectivity index (χ0n) is 28.9. The molecule has 3 aromatic carbocycles. The number of phenols is 1. The number of pyridine rings is 1. The minimum atomic E-state index is -4.81. The molecule has 6 unspecified atom stereocenters. The number of rotatable bonds is 6. The summed E-state index contributed by atoms with van der Waals surface area (Å²) in [5.41, 5.74) is 3.67. The molecule has 1 aromatic heterocycles. The highest BCUT2D eigenvalue weighted by Gasteiger charge is 2.70. The Morgan fingerprint density at radius 1 is 0.889 bits per heavy atom. The lowest BCUT2D eigenvalue weighted by molar-refractivity contribution is -0.142. The van der Waals surface area contributed by atoms with Gasteiger partial charge in [-0.1, -0.05) is 83.4 Å². The van der Waals surface area contributed by atoms with Crippen molar-refractivity contribution in [3.8, 4) is 5.75 Å². The number of nitrogens with zero attached hydrogens (tertiary/aromatic N) is 4. The highest BCUT2D eigenvalue weighted by atomic mass is 35.5. The van der Waals surface area contributed by atoms with Crippen LogP contribution in [0.2, 0.25) is 5.02 Å². The molecule has 0 radical (unpaired) electrons. The van der Waals surface area contributed by atoms with Gasteiger partial charge >= 0.3 is 6.18 Å². The molecule has 3 heterocycles. The van der Waals surface area contributed by atoms with E-state index in [4.69, 9.17) is 11.6 Å². The molecule has 8 rings (SSSR count). The first-order valence-corrected chi connectivity index (χ1v) is 17.7. The average Bonchev–Trinajstić information content (AvgIpc) is 3.53. The number of nitrogens with one attached hydrogen (secondary N) is 1. The predicted octanol–water partition coefficient (Wildman–Crippen LogP) is 6.80. The lowest BCUT2D eigenvalue weighted by atomic mass is 9.49. The molecule has 0 bridgehead atoms. The molecule has 1 saturated carbocycles. The van der Waals surface area contributed by atoms with E-state index in [1.165, 1.54) is 19.2 Å². The van der Waals surface area contributed by atoms with Crippen molar-refractivity contribution in [2.24, 2.45) is 23.7 Å². The lowest BCUT2D eigenvalue weighted by Crippen LogP contribution is -2.53. The molecular weight excluding hydrogens is 723 g/mol. The number of phenolic OH excluding ortho intramolecular Hbond substituents is 1. The van der Waals surface area contributed by atoms with Gasteiger partial charge in [-0.15, -0.1) is 0 Å². The second-order valence-corrected chi connectivity index (χ2v) is 14.6. The number of aromatic nitrogens is 1. The summed E-state index contributed by atoms with van der Waals surface area (Å²) in [6, 6.07) is 24.3. The maximum Gasteiger partial charge on any atom is 0.433 e. The normalized spacial score (nSPS) is 26.3. The van der Waals surface area contributed by atoms with Crippen LogP contribution in [0.15, 0.2) is 103 Å². The van der Waals surface area contributed by atoms with Crippen molar-refractivity contribution >= 4 is 46.7 Å². The number of benzene rings is 3. The van der Waals surface area contributed by atoms with Gasteiger partial charge in [0.15, 0.2) is 5.82 Å². The number of aromatic hydroxyl groups is 1. The molecule has 2 saturated heterocycles. The number of anilines is 2. The molecule has 2 aliphatic heterocycles. The van der Waals surface area contributed by atoms with Gasteiger partial charge in [-0.25, -0.2) is 4.98 Å². The predicted molar refractivity (Wildman–Crippen MR) is 191 cm³/mol. The number of fused-ring (bicyclic) bond motifs is 4. The Balaban J connectivity index is 1.26. The van der Waals surface area contributed by atoms with Crippen LogP contribution in [0.1, 0.15) is 41.1 Å². The lowest BCUT2D eigenvalue weighted by Gasteiger charge is -2.50. The van der Waals surface area contributed by atoms with Crippen LogP contribution in [0.4, 0.5) is 24.7 Å². The van der Waals surface area contributed by atoms with Crippen LogP contribution in [-0.4, -0.2) is 50.8 Å². The second-order valence-electron chi connectivity index (χ2n) is 14.2. The van der Waals surface area contributed by atoms with Gasteiger partial charge < -0.3 is 5.11 Å². The van der Waals surface area contributed by atoms with Crippen LogP contribution in [0.25, 0.3) is 0 Å². The van der Waals surface area contributed by atoms with E-state index in [0.29, 0.717) is 28.5 Å². The van der Waals surface area contributed by atoms with Crippen LogP contribution < -0.4 is 10.4 Å². The molecule has 4 amide bonds. The summed E-state index contributed by atoms with van der Waals surface area (Å²) in [6.45, 7) is 1.92. The van der Waals surface area contributed by atoms with E-state index in [-0.39, 0.29) is 23.6 Å². The average molecular weight is 756 g/mol. The molecule has 3 fully saturated rings. The summed E-state index contributed by atoms with van der Waals surface area (Å²) in [7, 11) is 1.25. The fourth-order valence-corrected chi connectivity index (χ4v) is 9.21. The molecule has 4 aromatic rings. The van der Waals surface area contributed by atoms with Crippen molar-refractivity contribution in [1.82, 2.24) is 15.0 Å². The Bertz CT molecular complexity index is 2230. The van der Waals surface area contributed by atoms with Gasteiger partial charge in [0, 0.05) is 13.0 Å². The number of imide groups is 2. The summed E-state index contributed by atoms with van der Waals surface area (Å²) in [5, 5.41) is 12.9. The molecule has 14 heteroatoms. The number of hydrogen-bond donors (Lipinski definition) is 2. The van der Waals surface area contributed by atoms with Gasteiger partial charge in [-0.05, 0) is 73.2 Å². The van der Waals surface area contributed by atoms with Crippen LogP contribution in [0.3, 0.4) is 0 Å². The zero-order valence-corrected chi connectivity index (χ0v) is 29.7. The van der Waals surface area contributed by atoms with Crippen LogP contribution in [0.5, 0.6) is 5.75 Å². The minimum absolute atomic E-state index is 0.0114. The summed E-state index contributed by atoms with van der Waals surface area (Å²) in [5.74, 6) is -7.25. The quantitative estimate of drug-likeness (QED) is 0.163. The summed E-state index contributed by atoms with van der Waals surface area (Å²) < 4.78 is 41.0. The molecule has 4 aliphatic rings. The smallest absolute Gasteiger partial charge is 0.433 e. The van der Waals surface area contributed by atoms with E-state index >= 15 is 4.79 Å². The van der Waals surface area contributed by atoms with Gasteiger partial charge in [0.2, 0.25) is 0 Å². The number of alkyl halides is 3. The van der Waals surface area contributed by atoms with Gasteiger partial charge in [0.25, 0.3) is 23.6 Å². The Labute approximate surface area is 312 Å². The summed E-state index contributed by atoms with van der Waals surface area (Å²) >= 11 is 6.29. The number of aryl methyl sites for hydroxylation is 1. The maximum atomic E-state index is 15.2. The molecule has 2 aliphatic carbocycles. The monoisotopic (exact) mass is 755 g/mol. The fourth-order valence-electron chi connectivity index (χ4n) is 8.98. The summed E-state index contributed by atoms with van der Waals surface area (Å²) in [6.07, 6.45) is -2.84. The van der Waals surface area contributed by atoms with Crippen molar-refractivity contribution in [2.75, 3.05) is 17.5 Å². The number of halogens is 4. The first-order valence-electron chi connectivity index (χ1n) is 17.3. The molecular formula is C40H33ClF3N5O5. The van der Waals surface area contributed by atoms with E-state index in [1.54, 1.807) is 48.5 Å². The van der Waals surface area contributed by atoms with Crippen molar-refractivity contribution in [2.45, 2.75) is 37.3 Å². The van der Waals surface area contributed by atoms with E-state index < -0.39 is 76.3 Å². The summed E-state index contributed by atoms with van der Waals surface area (Å²) in [4.78, 5) is 62.2. The third kappa shape index (κ3) is 5.27. The van der Waals surface area contributed by atoms with E-state index in [9.17, 15) is 32.7 Å². The van der Waals surface area contributed by atoms with Gasteiger partial charge in [0.1, 0.15) is 11.4 Å².